The average molecular weight is 283 g/mol. The summed E-state index contributed by atoms with van der Waals surface area (Å²) in [5, 5.41) is 18.6. The Hall–Kier alpha value is -2.75. The quantitative estimate of drug-likeness (QED) is 0.668. The van der Waals surface area contributed by atoms with Gasteiger partial charge in [0.15, 0.2) is 0 Å². The lowest BCUT2D eigenvalue weighted by atomic mass is 10.0. The highest BCUT2D eigenvalue weighted by atomic mass is 16.4. The number of aliphatic carboxylic acids is 1. The molecule has 0 amide bonds. The summed E-state index contributed by atoms with van der Waals surface area (Å²) < 4.78 is 0. The van der Waals surface area contributed by atoms with Crippen molar-refractivity contribution in [2.24, 2.45) is 0 Å². The molecule has 0 atom stereocenters. The van der Waals surface area contributed by atoms with Gasteiger partial charge >= 0.3 is 5.97 Å². The molecular formula is C17H17NO3. The molecule has 108 valence electrons. The number of carbonyl (C=O) groups is 1. The zero-order valence-corrected chi connectivity index (χ0v) is 11.9. The number of anilines is 1. The minimum atomic E-state index is -1.00. The monoisotopic (exact) mass is 283 g/mol. The van der Waals surface area contributed by atoms with E-state index in [1.165, 1.54) is 12.1 Å². The van der Waals surface area contributed by atoms with Gasteiger partial charge in [-0.2, -0.15) is 0 Å². The van der Waals surface area contributed by atoms with Crippen LogP contribution in [0.1, 0.15) is 11.1 Å². The molecule has 4 heteroatoms. The number of carboxylic acids is 1. The van der Waals surface area contributed by atoms with Gasteiger partial charge in [-0.05, 0) is 41.5 Å². The van der Waals surface area contributed by atoms with Crippen molar-refractivity contribution in [2.45, 2.75) is 0 Å². The van der Waals surface area contributed by atoms with E-state index in [4.69, 9.17) is 0 Å². The summed E-state index contributed by atoms with van der Waals surface area (Å²) in [7, 11) is 3.90. The highest BCUT2D eigenvalue weighted by Crippen LogP contribution is 2.22. The SMILES string of the molecule is CN(C)c1ccc(/C=C(\C(=O)O)c2ccc(O)cc2)cc1. The largest absolute Gasteiger partial charge is 0.508 e. The van der Waals surface area contributed by atoms with Crippen LogP contribution in [0.25, 0.3) is 11.6 Å². The number of hydrogen-bond acceptors (Lipinski definition) is 3. The van der Waals surface area contributed by atoms with Crippen molar-refractivity contribution < 1.29 is 15.0 Å². The third kappa shape index (κ3) is 3.63. The fourth-order valence-corrected chi connectivity index (χ4v) is 1.94. The van der Waals surface area contributed by atoms with E-state index in [9.17, 15) is 15.0 Å². The number of nitrogens with zero attached hydrogens (tertiary/aromatic N) is 1. The van der Waals surface area contributed by atoms with Crippen molar-refractivity contribution in [2.75, 3.05) is 19.0 Å². The normalized spacial score (nSPS) is 11.2. The number of carboxylic acid groups (broad SMARTS) is 1. The Morgan fingerprint density at radius 1 is 1.00 bits per heavy atom. The van der Waals surface area contributed by atoms with E-state index in [-0.39, 0.29) is 11.3 Å². The number of phenolic OH excluding ortho intramolecular Hbond substituents is 1. The summed E-state index contributed by atoms with van der Waals surface area (Å²) in [6, 6.07) is 13.7. The zero-order chi connectivity index (χ0) is 15.4. The van der Waals surface area contributed by atoms with Crippen molar-refractivity contribution in [1.29, 1.82) is 0 Å². The molecule has 0 fully saturated rings. The molecule has 2 aromatic rings. The standard InChI is InChI=1S/C17H17NO3/c1-18(2)14-7-3-12(4-8-14)11-16(17(20)21)13-5-9-15(19)10-6-13/h3-11,19H,1-2H3,(H,20,21)/b16-11-. The molecule has 2 rings (SSSR count). The van der Waals surface area contributed by atoms with E-state index in [2.05, 4.69) is 0 Å². The minimum absolute atomic E-state index is 0.110. The van der Waals surface area contributed by atoms with Gasteiger partial charge in [0.1, 0.15) is 5.75 Å². The van der Waals surface area contributed by atoms with Gasteiger partial charge in [-0.25, -0.2) is 4.79 Å². The van der Waals surface area contributed by atoms with E-state index < -0.39 is 5.97 Å². The van der Waals surface area contributed by atoms with E-state index in [1.807, 2.05) is 43.3 Å². The highest BCUT2D eigenvalue weighted by molar-refractivity contribution is 6.20. The summed E-state index contributed by atoms with van der Waals surface area (Å²) >= 11 is 0. The molecule has 0 radical (unpaired) electrons. The number of phenols is 1. The summed E-state index contributed by atoms with van der Waals surface area (Å²) in [6.07, 6.45) is 1.62. The van der Waals surface area contributed by atoms with Gasteiger partial charge in [-0.15, -0.1) is 0 Å². The second kappa shape index (κ2) is 6.13. The Morgan fingerprint density at radius 2 is 1.57 bits per heavy atom. The predicted molar refractivity (Wildman–Crippen MR) is 84.4 cm³/mol. The fraction of sp³-hybridized carbons (Fsp3) is 0.118. The molecule has 0 aliphatic rings. The fourth-order valence-electron chi connectivity index (χ4n) is 1.94. The third-order valence-corrected chi connectivity index (χ3v) is 3.13. The third-order valence-electron chi connectivity index (χ3n) is 3.13. The lowest BCUT2D eigenvalue weighted by Crippen LogP contribution is -2.08. The number of benzene rings is 2. The van der Waals surface area contributed by atoms with Gasteiger partial charge in [0.25, 0.3) is 0 Å². The van der Waals surface area contributed by atoms with E-state index in [1.54, 1.807) is 18.2 Å². The summed E-state index contributed by atoms with van der Waals surface area (Å²) in [5.74, 6) is -0.892. The first-order valence-electron chi connectivity index (χ1n) is 6.49. The second-order valence-electron chi connectivity index (χ2n) is 4.90. The zero-order valence-electron chi connectivity index (χ0n) is 11.9. The van der Waals surface area contributed by atoms with Gasteiger partial charge in [0, 0.05) is 19.8 Å². The van der Waals surface area contributed by atoms with E-state index in [0.29, 0.717) is 5.56 Å². The molecule has 0 spiro atoms. The first kappa shape index (κ1) is 14.7. The van der Waals surface area contributed by atoms with Crippen LogP contribution in [0.3, 0.4) is 0 Å². The molecular weight excluding hydrogens is 266 g/mol. The van der Waals surface area contributed by atoms with Gasteiger partial charge < -0.3 is 15.1 Å². The van der Waals surface area contributed by atoms with Crippen LogP contribution >= 0.6 is 0 Å². The number of rotatable bonds is 4. The number of hydrogen-bond donors (Lipinski definition) is 2. The molecule has 21 heavy (non-hydrogen) atoms. The van der Waals surface area contributed by atoms with Crippen LogP contribution in [0.4, 0.5) is 5.69 Å². The maximum Gasteiger partial charge on any atom is 0.336 e. The molecule has 2 aromatic carbocycles. The number of aromatic hydroxyl groups is 1. The Labute approximate surface area is 123 Å². The van der Waals surface area contributed by atoms with Gasteiger partial charge in [0.2, 0.25) is 0 Å². The van der Waals surface area contributed by atoms with Crippen LogP contribution in [-0.2, 0) is 4.79 Å². The van der Waals surface area contributed by atoms with Crippen molar-refractivity contribution in [3.05, 3.63) is 59.7 Å². The van der Waals surface area contributed by atoms with Gasteiger partial charge in [0.05, 0.1) is 5.57 Å². The van der Waals surface area contributed by atoms with Gasteiger partial charge in [-0.1, -0.05) is 24.3 Å². The molecule has 2 N–H and O–H groups in total. The summed E-state index contributed by atoms with van der Waals surface area (Å²) in [4.78, 5) is 13.4. The smallest absolute Gasteiger partial charge is 0.336 e. The first-order valence-corrected chi connectivity index (χ1v) is 6.49. The average Bonchev–Trinajstić information content (AvgIpc) is 2.46. The topological polar surface area (TPSA) is 60.8 Å². The van der Waals surface area contributed by atoms with Crippen LogP contribution in [-0.4, -0.2) is 30.3 Å². The summed E-state index contributed by atoms with van der Waals surface area (Å²) in [6.45, 7) is 0. The van der Waals surface area contributed by atoms with E-state index >= 15 is 0 Å². The maximum atomic E-state index is 11.4. The Kier molecular flexibility index (Phi) is 4.28. The molecule has 0 saturated carbocycles. The molecule has 0 aliphatic heterocycles. The second-order valence-corrected chi connectivity index (χ2v) is 4.90. The predicted octanol–water partition coefficient (Wildman–Crippen LogP) is 3.08. The van der Waals surface area contributed by atoms with Crippen molar-refractivity contribution in [1.82, 2.24) is 0 Å². The van der Waals surface area contributed by atoms with Crippen LogP contribution in [0.2, 0.25) is 0 Å². The van der Waals surface area contributed by atoms with Crippen LogP contribution < -0.4 is 4.90 Å². The molecule has 0 aromatic heterocycles. The molecule has 0 saturated heterocycles. The first-order chi connectivity index (χ1) is 9.97. The Balaban J connectivity index is 2.37. The lowest BCUT2D eigenvalue weighted by molar-refractivity contribution is -0.130. The molecule has 0 heterocycles. The highest BCUT2D eigenvalue weighted by Gasteiger charge is 2.10. The van der Waals surface area contributed by atoms with Gasteiger partial charge in [-0.3, -0.25) is 0 Å². The lowest BCUT2D eigenvalue weighted by Gasteiger charge is -2.12. The van der Waals surface area contributed by atoms with Crippen LogP contribution in [0.5, 0.6) is 5.75 Å². The van der Waals surface area contributed by atoms with Crippen LogP contribution in [0, 0.1) is 0 Å². The molecule has 0 aliphatic carbocycles. The molecule has 0 bridgehead atoms. The molecule has 0 unspecified atom stereocenters. The Bertz CT molecular complexity index is 655. The van der Waals surface area contributed by atoms with E-state index in [0.717, 1.165) is 11.3 Å². The molecule has 4 nitrogen and oxygen atoms in total. The van der Waals surface area contributed by atoms with Crippen molar-refractivity contribution in [3.63, 3.8) is 0 Å². The van der Waals surface area contributed by atoms with Crippen molar-refractivity contribution >= 4 is 23.3 Å². The Morgan fingerprint density at radius 3 is 2.05 bits per heavy atom. The van der Waals surface area contributed by atoms with Crippen molar-refractivity contribution in [3.8, 4) is 5.75 Å². The van der Waals surface area contributed by atoms with Crippen LogP contribution in [0.15, 0.2) is 48.5 Å². The minimum Gasteiger partial charge on any atom is -0.508 e. The summed E-state index contributed by atoms with van der Waals surface area (Å²) in [5.41, 5.74) is 2.60. The maximum absolute atomic E-state index is 11.4.